The third-order valence-electron chi connectivity index (χ3n) is 6.90. The summed E-state index contributed by atoms with van der Waals surface area (Å²) in [6, 6.07) is 10.7. The second-order valence-corrected chi connectivity index (χ2v) is 8.89. The predicted octanol–water partition coefficient (Wildman–Crippen LogP) is 4.78. The Morgan fingerprint density at radius 1 is 1.12 bits per heavy atom. The van der Waals surface area contributed by atoms with Crippen LogP contribution in [0.25, 0.3) is 0 Å². The maximum absolute atomic E-state index is 6.76. The van der Waals surface area contributed by atoms with Crippen LogP contribution in [0.5, 0.6) is 0 Å². The normalized spacial score (nSPS) is 41.0. The summed E-state index contributed by atoms with van der Waals surface area (Å²) in [4.78, 5) is 2.62. The Labute approximate surface area is 152 Å². The quantitative estimate of drug-likeness (QED) is 0.771. The molecule has 1 saturated carbocycles. The average molecular weight is 344 g/mol. The predicted molar refractivity (Wildman–Crippen MR) is 100 cm³/mol. The highest BCUT2D eigenvalue weighted by atomic mass is 16.6. The van der Waals surface area contributed by atoms with E-state index >= 15 is 0 Å². The van der Waals surface area contributed by atoms with Crippen molar-refractivity contribution in [2.75, 3.05) is 6.54 Å². The van der Waals surface area contributed by atoms with E-state index in [1.807, 2.05) is 0 Å². The Balaban J connectivity index is 1.69. The van der Waals surface area contributed by atoms with Crippen molar-refractivity contribution in [3.05, 3.63) is 35.9 Å². The van der Waals surface area contributed by atoms with E-state index < -0.39 is 0 Å². The van der Waals surface area contributed by atoms with Crippen LogP contribution in [0.4, 0.5) is 0 Å². The molecule has 0 unspecified atom stereocenters. The van der Waals surface area contributed by atoms with Gasteiger partial charge in [0, 0.05) is 18.0 Å². The third-order valence-corrected chi connectivity index (χ3v) is 6.90. The number of hydrogen-bond donors (Lipinski definition) is 0. The molecule has 1 aliphatic carbocycles. The van der Waals surface area contributed by atoms with Gasteiger partial charge in [0.15, 0.2) is 0 Å². The number of benzene rings is 1. The Morgan fingerprint density at radius 3 is 2.60 bits per heavy atom. The zero-order chi connectivity index (χ0) is 17.6. The highest BCUT2D eigenvalue weighted by molar-refractivity contribution is 5.20. The molecule has 138 valence electrons. The van der Waals surface area contributed by atoms with Gasteiger partial charge in [-0.25, -0.2) is 0 Å². The molecule has 1 aromatic rings. The van der Waals surface area contributed by atoms with Crippen molar-refractivity contribution in [2.24, 2.45) is 11.8 Å². The molecule has 3 aliphatic rings. The molecule has 2 aliphatic heterocycles. The van der Waals surface area contributed by atoms with E-state index in [-0.39, 0.29) is 24.0 Å². The van der Waals surface area contributed by atoms with Crippen molar-refractivity contribution in [1.29, 1.82) is 0 Å². The van der Waals surface area contributed by atoms with Gasteiger partial charge in [-0.2, -0.15) is 0 Å². The van der Waals surface area contributed by atoms with Crippen molar-refractivity contribution >= 4 is 0 Å². The van der Waals surface area contributed by atoms with Crippen molar-refractivity contribution in [2.45, 2.75) is 83.5 Å². The van der Waals surface area contributed by atoms with Crippen molar-refractivity contribution in [3.8, 4) is 0 Å². The number of fused-ring (bicyclic) bond motifs is 2. The van der Waals surface area contributed by atoms with Gasteiger partial charge in [-0.1, -0.05) is 50.6 Å². The number of rotatable bonds is 2. The maximum atomic E-state index is 6.76. The molecule has 0 bridgehead atoms. The third kappa shape index (κ3) is 3.05. The fourth-order valence-corrected chi connectivity index (χ4v) is 5.30. The highest BCUT2D eigenvalue weighted by Crippen LogP contribution is 2.49. The monoisotopic (exact) mass is 343 g/mol. The summed E-state index contributed by atoms with van der Waals surface area (Å²) in [5.41, 5.74) is 1.41. The van der Waals surface area contributed by atoms with E-state index in [4.69, 9.17) is 9.47 Å². The van der Waals surface area contributed by atoms with Crippen molar-refractivity contribution in [1.82, 2.24) is 4.90 Å². The summed E-state index contributed by atoms with van der Waals surface area (Å²) in [7, 11) is 0. The SMILES string of the molecule is CC[C@H]1CN2[C@@H](O[C@@H]3C[C@H](C)CC[C@H]3C2(C)C)[C@H](c2ccccc2)O1. The minimum absolute atomic E-state index is 0.0114. The Kier molecular flexibility index (Phi) is 4.68. The topological polar surface area (TPSA) is 21.7 Å². The molecule has 3 fully saturated rings. The molecule has 2 heterocycles. The van der Waals surface area contributed by atoms with Crippen LogP contribution in [-0.4, -0.2) is 35.4 Å². The number of nitrogens with zero attached hydrogens (tertiary/aromatic N) is 1. The fraction of sp³-hybridized carbons (Fsp3) is 0.727. The maximum Gasteiger partial charge on any atom is 0.142 e. The summed E-state index contributed by atoms with van der Waals surface area (Å²) >= 11 is 0. The molecule has 1 aromatic carbocycles. The van der Waals surface area contributed by atoms with Gasteiger partial charge in [-0.3, -0.25) is 4.90 Å². The second kappa shape index (κ2) is 6.68. The minimum atomic E-state index is 0.0114. The van der Waals surface area contributed by atoms with Gasteiger partial charge in [0.25, 0.3) is 0 Å². The molecule has 4 rings (SSSR count). The van der Waals surface area contributed by atoms with Gasteiger partial charge in [0.1, 0.15) is 12.3 Å². The van der Waals surface area contributed by atoms with Crippen LogP contribution in [-0.2, 0) is 9.47 Å². The van der Waals surface area contributed by atoms with Gasteiger partial charge >= 0.3 is 0 Å². The minimum Gasteiger partial charge on any atom is -0.365 e. The zero-order valence-corrected chi connectivity index (χ0v) is 16.2. The van der Waals surface area contributed by atoms with Gasteiger partial charge in [-0.05, 0) is 44.6 Å². The van der Waals surface area contributed by atoms with Gasteiger partial charge in [0.2, 0.25) is 0 Å². The molecule has 3 heteroatoms. The molecule has 0 radical (unpaired) electrons. The standard InChI is InChI=1S/C22H33NO2/c1-5-17-14-23-21(20(24-17)16-9-7-6-8-10-16)25-19-13-15(2)11-12-18(19)22(23,3)4/h6-10,15,17-21H,5,11-14H2,1-4H3/t15-,17+,18-,19-,20+,21+/m1/s1. The summed E-state index contributed by atoms with van der Waals surface area (Å²) < 4.78 is 13.3. The summed E-state index contributed by atoms with van der Waals surface area (Å²) in [6.07, 6.45) is 5.56. The first-order valence-electron chi connectivity index (χ1n) is 10.1. The van der Waals surface area contributed by atoms with E-state index in [1.54, 1.807) is 0 Å². The van der Waals surface area contributed by atoms with Crippen LogP contribution >= 0.6 is 0 Å². The second-order valence-electron chi connectivity index (χ2n) is 8.89. The van der Waals surface area contributed by atoms with E-state index in [0.717, 1.165) is 18.9 Å². The average Bonchev–Trinajstić information content (AvgIpc) is 2.61. The molecule has 0 N–H and O–H groups in total. The largest absolute Gasteiger partial charge is 0.365 e. The molecule has 0 aromatic heterocycles. The van der Waals surface area contributed by atoms with Crippen LogP contribution < -0.4 is 0 Å². The molecule has 3 nitrogen and oxygen atoms in total. The lowest BCUT2D eigenvalue weighted by Gasteiger charge is -2.61. The molecule has 0 amide bonds. The van der Waals surface area contributed by atoms with Gasteiger partial charge in [0.05, 0.1) is 12.2 Å². The van der Waals surface area contributed by atoms with E-state index in [1.165, 1.54) is 24.8 Å². The van der Waals surface area contributed by atoms with Crippen LogP contribution in [0.2, 0.25) is 0 Å². The smallest absolute Gasteiger partial charge is 0.142 e. The number of hydrogen-bond acceptors (Lipinski definition) is 3. The van der Waals surface area contributed by atoms with E-state index in [9.17, 15) is 0 Å². The van der Waals surface area contributed by atoms with Crippen LogP contribution in [0.15, 0.2) is 30.3 Å². The van der Waals surface area contributed by atoms with Crippen LogP contribution in [0.3, 0.4) is 0 Å². The van der Waals surface area contributed by atoms with E-state index in [0.29, 0.717) is 12.0 Å². The summed E-state index contributed by atoms with van der Waals surface area (Å²) in [5, 5.41) is 0. The summed E-state index contributed by atoms with van der Waals surface area (Å²) in [6.45, 7) is 10.5. The molecular formula is C22H33NO2. The van der Waals surface area contributed by atoms with Gasteiger partial charge < -0.3 is 9.47 Å². The van der Waals surface area contributed by atoms with Gasteiger partial charge in [-0.15, -0.1) is 0 Å². The Morgan fingerprint density at radius 2 is 1.88 bits per heavy atom. The lowest BCUT2D eigenvalue weighted by molar-refractivity contribution is -0.305. The Bertz CT molecular complexity index is 587. The first-order chi connectivity index (χ1) is 12.0. The highest BCUT2D eigenvalue weighted by Gasteiger charge is 2.55. The van der Waals surface area contributed by atoms with Crippen LogP contribution in [0, 0.1) is 11.8 Å². The molecule has 2 saturated heterocycles. The molecule has 25 heavy (non-hydrogen) atoms. The number of ether oxygens (including phenoxy) is 2. The molecule has 0 spiro atoms. The van der Waals surface area contributed by atoms with Crippen molar-refractivity contribution < 1.29 is 9.47 Å². The van der Waals surface area contributed by atoms with Crippen molar-refractivity contribution in [3.63, 3.8) is 0 Å². The number of morpholine rings is 1. The Hall–Kier alpha value is -0.900. The summed E-state index contributed by atoms with van der Waals surface area (Å²) in [5.74, 6) is 1.40. The lowest BCUT2D eigenvalue weighted by atomic mass is 9.69. The fourth-order valence-electron chi connectivity index (χ4n) is 5.30. The molecule has 6 atom stereocenters. The van der Waals surface area contributed by atoms with Crippen LogP contribution in [0.1, 0.15) is 65.0 Å². The first-order valence-corrected chi connectivity index (χ1v) is 10.1. The van der Waals surface area contributed by atoms with E-state index in [2.05, 4.69) is 62.9 Å². The molecular weight excluding hydrogens is 310 g/mol. The zero-order valence-electron chi connectivity index (χ0n) is 16.2. The lowest BCUT2D eigenvalue weighted by Crippen LogP contribution is -2.69. The first kappa shape index (κ1) is 17.5.